The zero-order valence-electron chi connectivity index (χ0n) is 13.4. The standard InChI is InChI=1S/C16H16N4O2S2/c1-8-12-10(4-3-5-11(12)21)19-13(8)14(22)20-16-18-9(2)15(24-16)23-7-6-17/h19H,3-5,7H2,1-2H3,(H,18,20,22). The van der Waals surface area contributed by atoms with E-state index in [2.05, 4.69) is 21.4 Å². The highest BCUT2D eigenvalue weighted by Crippen LogP contribution is 2.32. The second-order valence-electron chi connectivity index (χ2n) is 5.55. The fourth-order valence-electron chi connectivity index (χ4n) is 2.83. The van der Waals surface area contributed by atoms with E-state index in [9.17, 15) is 9.59 Å². The van der Waals surface area contributed by atoms with Gasteiger partial charge in [0.15, 0.2) is 10.9 Å². The molecule has 0 bridgehead atoms. The van der Waals surface area contributed by atoms with Gasteiger partial charge in [-0.3, -0.25) is 14.9 Å². The second kappa shape index (κ2) is 6.79. The van der Waals surface area contributed by atoms with Crippen LogP contribution in [0.25, 0.3) is 0 Å². The van der Waals surface area contributed by atoms with Crippen LogP contribution in [0, 0.1) is 25.2 Å². The average Bonchev–Trinajstić information content (AvgIpc) is 3.06. The van der Waals surface area contributed by atoms with E-state index in [-0.39, 0.29) is 11.7 Å². The minimum Gasteiger partial charge on any atom is -0.354 e. The Morgan fingerprint density at radius 2 is 2.25 bits per heavy atom. The number of aromatic amines is 1. The van der Waals surface area contributed by atoms with Crippen LogP contribution < -0.4 is 5.32 Å². The van der Waals surface area contributed by atoms with E-state index in [1.807, 2.05) is 6.92 Å². The van der Waals surface area contributed by atoms with E-state index in [0.717, 1.165) is 28.4 Å². The number of carbonyl (C=O) groups is 2. The molecule has 1 amide bonds. The molecule has 0 aromatic carbocycles. The van der Waals surface area contributed by atoms with Gasteiger partial charge >= 0.3 is 0 Å². The van der Waals surface area contributed by atoms with Crippen molar-refractivity contribution in [1.82, 2.24) is 9.97 Å². The molecular formula is C16H16N4O2S2. The van der Waals surface area contributed by atoms with Gasteiger partial charge in [0.1, 0.15) is 5.69 Å². The third kappa shape index (κ3) is 3.09. The lowest BCUT2D eigenvalue weighted by molar-refractivity contribution is 0.0971. The Hall–Kier alpha value is -2.11. The average molecular weight is 360 g/mol. The molecule has 0 radical (unpaired) electrons. The number of thiazole rings is 1. The zero-order valence-corrected chi connectivity index (χ0v) is 15.0. The van der Waals surface area contributed by atoms with E-state index >= 15 is 0 Å². The van der Waals surface area contributed by atoms with E-state index in [4.69, 9.17) is 5.26 Å². The minimum atomic E-state index is -0.291. The van der Waals surface area contributed by atoms with Crippen LogP contribution in [0.1, 0.15) is 50.6 Å². The fourth-order valence-corrected chi connectivity index (χ4v) is 4.62. The molecule has 1 aliphatic rings. The molecule has 3 rings (SSSR count). The summed E-state index contributed by atoms with van der Waals surface area (Å²) in [5, 5.41) is 12.0. The largest absolute Gasteiger partial charge is 0.354 e. The van der Waals surface area contributed by atoms with Gasteiger partial charge in [-0.05, 0) is 32.3 Å². The molecule has 2 aromatic heterocycles. The van der Waals surface area contributed by atoms with Crippen molar-refractivity contribution in [2.75, 3.05) is 11.1 Å². The summed E-state index contributed by atoms with van der Waals surface area (Å²) in [6.45, 7) is 3.65. The molecule has 0 spiro atoms. The first-order chi connectivity index (χ1) is 11.5. The Balaban J connectivity index is 1.81. The highest BCUT2D eigenvalue weighted by Gasteiger charge is 2.26. The predicted molar refractivity (Wildman–Crippen MR) is 93.9 cm³/mol. The van der Waals surface area contributed by atoms with Crippen molar-refractivity contribution in [3.63, 3.8) is 0 Å². The summed E-state index contributed by atoms with van der Waals surface area (Å²) in [5.41, 5.74) is 3.46. The number of nitriles is 1. The number of hydrogen-bond acceptors (Lipinski definition) is 6. The van der Waals surface area contributed by atoms with Crippen LogP contribution in [0.3, 0.4) is 0 Å². The van der Waals surface area contributed by atoms with Crippen molar-refractivity contribution in [2.24, 2.45) is 0 Å². The molecule has 2 aromatic rings. The normalized spacial score (nSPS) is 13.5. The third-order valence-electron chi connectivity index (χ3n) is 3.91. The molecule has 0 fully saturated rings. The van der Waals surface area contributed by atoms with Gasteiger partial charge in [0, 0.05) is 17.7 Å². The van der Waals surface area contributed by atoms with Gasteiger partial charge in [-0.25, -0.2) is 4.98 Å². The molecule has 0 saturated heterocycles. The number of aromatic nitrogens is 2. The minimum absolute atomic E-state index is 0.101. The summed E-state index contributed by atoms with van der Waals surface area (Å²) in [5.74, 6) is 0.158. The van der Waals surface area contributed by atoms with Crippen LogP contribution >= 0.6 is 23.1 Å². The molecule has 6 nitrogen and oxygen atoms in total. The number of amides is 1. The SMILES string of the molecule is Cc1nc(NC(=O)c2[nH]c3c(c2C)C(=O)CCC3)sc1SCC#N. The summed E-state index contributed by atoms with van der Waals surface area (Å²) >= 11 is 2.76. The van der Waals surface area contributed by atoms with Crippen LogP contribution in [0.15, 0.2) is 4.21 Å². The second-order valence-corrected chi connectivity index (χ2v) is 7.79. The Morgan fingerprint density at radius 1 is 1.46 bits per heavy atom. The number of aryl methyl sites for hydroxylation is 2. The Labute approximate surface area is 147 Å². The van der Waals surface area contributed by atoms with E-state index < -0.39 is 0 Å². The van der Waals surface area contributed by atoms with Gasteiger partial charge in [-0.15, -0.1) is 0 Å². The fraction of sp³-hybridized carbons (Fsp3) is 0.375. The summed E-state index contributed by atoms with van der Waals surface area (Å²) in [7, 11) is 0. The molecule has 124 valence electrons. The molecule has 8 heteroatoms. The first-order valence-corrected chi connectivity index (χ1v) is 9.34. The number of nitrogens with one attached hydrogen (secondary N) is 2. The van der Waals surface area contributed by atoms with Crippen LogP contribution in [0.5, 0.6) is 0 Å². The van der Waals surface area contributed by atoms with Gasteiger partial charge < -0.3 is 4.98 Å². The Morgan fingerprint density at radius 3 is 2.96 bits per heavy atom. The smallest absolute Gasteiger partial charge is 0.274 e. The molecule has 0 unspecified atom stereocenters. The lowest BCUT2D eigenvalue weighted by Crippen LogP contribution is -2.13. The van der Waals surface area contributed by atoms with E-state index in [1.54, 1.807) is 6.92 Å². The maximum atomic E-state index is 12.5. The van der Waals surface area contributed by atoms with Crippen LogP contribution in [-0.2, 0) is 6.42 Å². The molecule has 0 saturated carbocycles. The topological polar surface area (TPSA) is 98.6 Å². The monoisotopic (exact) mass is 360 g/mol. The number of thioether (sulfide) groups is 1. The summed E-state index contributed by atoms with van der Waals surface area (Å²) in [6.07, 6.45) is 2.15. The number of anilines is 1. The molecular weight excluding hydrogens is 344 g/mol. The highest BCUT2D eigenvalue weighted by molar-refractivity contribution is 8.01. The number of Topliss-reactive ketones (excluding diaryl/α,β-unsaturated/α-hetero) is 1. The van der Waals surface area contributed by atoms with E-state index in [1.165, 1.54) is 23.1 Å². The molecule has 0 aliphatic heterocycles. The first-order valence-electron chi connectivity index (χ1n) is 7.54. The van der Waals surface area contributed by atoms with E-state index in [0.29, 0.717) is 34.1 Å². The zero-order chi connectivity index (χ0) is 17.3. The Bertz CT molecular complexity index is 860. The number of fused-ring (bicyclic) bond motifs is 1. The maximum absolute atomic E-state index is 12.5. The number of ketones is 1. The predicted octanol–water partition coefficient (Wildman–Crippen LogP) is 3.48. The van der Waals surface area contributed by atoms with Crippen molar-refractivity contribution in [2.45, 2.75) is 37.3 Å². The summed E-state index contributed by atoms with van der Waals surface area (Å²) in [6, 6.07) is 2.08. The van der Waals surface area contributed by atoms with Crippen molar-refractivity contribution in [3.8, 4) is 6.07 Å². The summed E-state index contributed by atoms with van der Waals surface area (Å²) in [4.78, 5) is 32.0. The lowest BCUT2D eigenvalue weighted by Gasteiger charge is -2.09. The molecule has 2 N–H and O–H groups in total. The summed E-state index contributed by atoms with van der Waals surface area (Å²) < 4.78 is 0.921. The lowest BCUT2D eigenvalue weighted by atomic mass is 9.94. The van der Waals surface area contributed by atoms with Crippen LogP contribution in [0.4, 0.5) is 5.13 Å². The number of rotatable bonds is 4. The van der Waals surface area contributed by atoms with Gasteiger partial charge in [0.25, 0.3) is 5.91 Å². The molecule has 1 aliphatic carbocycles. The van der Waals surface area contributed by atoms with Crippen molar-refractivity contribution >= 4 is 39.9 Å². The van der Waals surface area contributed by atoms with Crippen molar-refractivity contribution in [3.05, 3.63) is 28.2 Å². The van der Waals surface area contributed by atoms with Crippen LogP contribution in [-0.4, -0.2) is 27.4 Å². The van der Waals surface area contributed by atoms with Gasteiger partial charge in [-0.1, -0.05) is 23.1 Å². The molecule has 24 heavy (non-hydrogen) atoms. The number of hydrogen-bond donors (Lipinski definition) is 2. The number of carbonyl (C=O) groups excluding carboxylic acids is 2. The molecule has 0 atom stereocenters. The van der Waals surface area contributed by atoms with Crippen LogP contribution in [0.2, 0.25) is 0 Å². The van der Waals surface area contributed by atoms with Gasteiger partial charge in [0.2, 0.25) is 0 Å². The maximum Gasteiger partial charge on any atom is 0.274 e. The third-order valence-corrected chi connectivity index (χ3v) is 6.21. The van der Waals surface area contributed by atoms with Crippen molar-refractivity contribution < 1.29 is 9.59 Å². The number of H-pyrrole nitrogens is 1. The molecule has 2 heterocycles. The first kappa shape index (κ1) is 16.7. The number of nitrogens with zero attached hydrogens (tertiary/aromatic N) is 2. The van der Waals surface area contributed by atoms with Gasteiger partial charge in [-0.2, -0.15) is 5.26 Å². The Kier molecular flexibility index (Phi) is 4.73. The van der Waals surface area contributed by atoms with Gasteiger partial charge in [0.05, 0.1) is 21.7 Å². The highest BCUT2D eigenvalue weighted by atomic mass is 32.2. The van der Waals surface area contributed by atoms with Crippen molar-refractivity contribution in [1.29, 1.82) is 5.26 Å². The quantitative estimate of drug-likeness (QED) is 0.813.